The van der Waals surface area contributed by atoms with Gasteiger partial charge in [-0.2, -0.15) is 0 Å². The van der Waals surface area contributed by atoms with Crippen molar-refractivity contribution in [2.75, 3.05) is 13.7 Å². The molecule has 4 heteroatoms. The minimum atomic E-state index is -0.107. The molecule has 0 fully saturated rings. The standard InChI is InChI=1S/C13H24N2OS/c1-8(2)12(9(3)4)13-15-11(7-17-13)10(14)6-16-5/h7-10,12H,6,14H2,1-5H3. The first-order valence-electron chi connectivity index (χ1n) is 6.17. The zero-order valence-corrected chi connectivity index (χ0v) is 12.3. The van der Waals surface area contributed by atoms with Crippen molar-refractivity contribution in [2.45, 2.75) is 39.7 Å². The van der Waals surface area contributed by atoms with E-state index in [4.69, 9.17) is 10.5 Å². The van der Waals surface area contributed by atoms with Crippen molar-refractivity contribution in [3.63, 3.8) is 0 Å². The molecule has 1 rings (SSSR count). The van der Waals surface area contributed by atoms with Gasteiger partial charge in [-0.05, 0) is 11.8 Å². The normalized spacial score (nSPS) is 13.9. The third-order valence-electron chi connectivity index (χ3n) is 2.99. The minimum absolute atomic E-state index is 0.107. The summed E-state index contributed by atoms with van der Waals surface area (Å²) < 4.78 is 5.06. The van der Waals surface area contributed by atoms with Gasteiger partial charge in [0.2, 0.25) is 0 Å². The second-order valence-corrected chi connectivity index (χ2v) is 6.08. The lowest BCUT2D eigenvalue weighted by molar-refractivity contribution is 0.179. The van der Waals surface area contributed by atoms with Crippen LogP contribution in [-0.4, -0.2) is 18.7 Å². The molecule has 0 saturated carbocycles. The highest BCUT2D eigenvalue weighted by Gasteiger charge is 2.23. The van der Waals surface area contributed by atoms with Gasteiger partial charge in [0.15, 0.2) is 0 Å². The first-order chi connectivity index (χ1) is 7.97. The lowest BCUT2D eigenvalue weighted by atomic mass is 9.86. The third kappa shape index (κ3) is 3.76. The summed E-state index contributed by atoms with van der Waals surface area (Å²) in [6.07, 6.45) is 0. The molecular weight excluding hydrogens is 232 g/mol. The van der Waals surface area contributed by atoms with Crippen LogP contribution in [0.1, 0.15) is 50.4 Å². The number of aromatic nitrogens is 1. The molecule has 1 atom stereocenters. The fourth-order valence-electron chi connectivity index (χ4n) is 2.23. The maximum atomic E-state index is 5.99. The van der Waals surface area contributed by atoms with E-state index in [9.17, 15) is 0 Å². The van der Waals surface area contributed by atoms with E-state index in [-0.39, 0.29) is 6.04 Å². The Hall–Kier alpha value is -0.450. The molecule has 0 aliphatic rings. The molecule has 2 N–H and O–H groups in total. The number of hydrogen-bond acceptors (Lipinski definition) is 4. The Morgan fingerprint density at radius 2 is 1.88 bits per heavy atom. The smallest absolute Gasteiger partial charge is 0.0965 e. The molecule has 0 radical (unpaired) electrons. The average molecular weight is 256 g/mol. The molecule has 0 spiro atoms. The van der Waals surface area contributed by atoms with Crippen molar-refractivity contribution < 1.29 is 4.74 Å². The first kappa shape index (κ1) is 14.6. The molecule has 0 aromatic carbocycles. The Balaban J connectivity index is 2.85. The van der Waals surface area contributed by atoms with E-state index in [1.54, 1.807) is 18.4 Å². The Labute approximate surface area is 108 Å². The van der Waals surface area contributed by atoms with Gasteiger partial charge in [0.25, 0.3) is 0 Å². The Morgan fingerprint density at radius 1 is 1.29 bits per heavy atom. The average Bonchev–Trinajstić information content (AvgIpc) is 2.66. The number of ether oxygens (including phenoxy) is 1. The van der Waals surface area contributed by atoms with Gasteiger partial charge < -0.3 is 10.5 Å². The Morgan fingerprint density at radius 3 is 2.35 bits per heavy atom. The number of nitrogens with zero attached hydrogens (tertiary/aromatic N) is 1. The van der Waals surface area contributed by atoms with Gasteiger partial charge in [-0.15, -0.1) is 11.3 Å². The van der Waals surface area contributed by atoms with Gasteiger partial charge in [-0.1, -0.05) is 27.7 Å². The van der Waals surface area contributed by atoms with E-state index in [0.717, 1.165) is 5.69 Å². The number of hydrogen-bond donors (Lipinski definition) is 1. The monoisotopic (exact) mass is 256 g/mol. The summed E-state index contributed by atoms with van der Waals surface area (Å²) in [5, 5.41) is 3.27. The van der Waals surface area contributed by atoms with Crippen LogP contribution in [-0.2, 0) is 4.74 Å². The van der Waals surface area contributed by atoms with Gasteiger partial charge in [0, 0.05) is 18.4 Å². The fraction of sp³-hybridized carbons (Fsp3) is 0.769. The maximum absolute atomic E-state index is 5.99. The molecule has 1 aromatic heterocycles. The lowest BCUT2D eigenvalue weighted by Crippen LogP contribution is -2.17. The van der Waals surface area contributed by atoms with Crippen LogP contribution in [0.3, 0.4) is 0 Å². The highest BCUT2D eigenvalue weighted by molar-refractivity contribution is 7.09. The summed E-state index contributed by atoms with van der Waals surface area (Å²) in [6, 6.07) is -0.107. The van der Waals surface area contributed by atoms with E-state index < -0.39 is 0 Å². The zero-order chi connectivity index (χ0) is 13.0. The van der Waals surface area contributed by atoms with Crippen LogP contribution >= 0.6 is 11.3 Å². The summed E-state index contributed by atoms with van der Waals surface area (Å²) in [7, 11) is 1.66. The van der Waals surface area contributed by atoms with Crippen LogP contribution in [0.15, 0.2) is 5.38 Å². The molecule has 1 aromatic rings. The largest absolute Gasteiger partial charge is 0.383 e. The fourth-order valence-corrected chi connectivity index (χ4v) is 3.56. The van der Waals surface area contributed by atoms with Crippen molar-refractivity contribution in [1.29, 1.82) is 0 Å². The van der Waals surface area contributed by atoms with Crippen LogP contribution < -0.4 is 5.73 Å². The Bertz CT molecular complexity index is 328. The van der Waals surface area contributed by atoms with Crippen molar-refractivity contribution in [2.24, 2.45) is 17.6 Å². The molecule has 0 amide bonds. The number of methoxy groups -OCH3 is 1. The third-order valence-corrected chi connectivity index (χ3v) is 3.95. The molecule has 3 nitrogen and oxygen atoms in total. The van der Waals surface area contributed by atoms with E-state index >= 15 is 0 Å². The predicted octanol–water partition coefficient (Wildman–Crippen LogP) is 3.18. The van der Waals surface area contributed by atoms with Crippen LogP contribution in [0, 0.1) is 11.8 Å². The van der Waals surface area contributed by atoms with Crippen molar-refractivity contribution in [3.8, 4) is 0 Å². The highest BCUT2D eigenvalue weighted by atomic mass is 32.1. The highest BCUT2D eigenvalue weighted by Crippen LogP contribution is 2.34. The van der Waals surface area contributed by atoms with Crippen molar-refractivity contribution in [3.05, 3.63) is 16.1 Å². The van der Waals surface area contributed by atoms with E-state index in [0.29, 0.717) is 24.4 Å². The quantitative estimate of drug-likeness (QED) is 0.850. The van der Waals surface area contributed by atoms with E-state index in [2.05, 4.69) is 38.1 Å². The van der Waals surface area contributed by atoms with E-state index in [1.807, 2.05) is 0 Å². The molecule has 1 unspecified atom stereocenters. The zero-order valence-electron chi connectivity index (χ0n) is 11.4. The molecule has 0 aliphatic heterocycles. The summed E-state index contributed by atoms with van der Waals surface area (Å²) in [5.74, 6) is 1.73. The minimum Gasteiger partial charge on any atom is -0.383 e. The second-order valence-electron chi connectivity index (χ2n) is 5.19. The van der Waals surface area contributed by atoms with Gasteiger partial charge >= 0.3 is 0 Å². The predicted molar refractivity (Wildman–Crippen MR) is 73.3 cm³/mol. The van der Waals surface area contributed by atoms with Gasteiger partial charge in [-0.25, -0.2) is 4.98 Å². The summed E-state index contributed by atoms with van der Waals surface area (Å²) in [4.78, 5) is 4.69. The number of nitrogens with two attached hydrogens (primary N) is 1. The van der Waals surface area contributed by atoms with Gasteiger partial charge in [-0.3, -0.25) is 0 Å². The van der Waals surface area contributed by atoms with Crippen LogP contribution in [0.2, 0.25) is 0 Å². The summed E-state index contributed by atoms with van der Waals surface area (Å²) in [5.41, 5.74) is 6.95. The maximum Gasteiger partial charge on any atom is 0.0965 e. The van der Waals surface area contributed by atoms with Crippen LogP contribution in [0.5, 0.6) is 0 Å². The summed E-state index contributed by atoms with van der Waals surface area (Å²) in [6.45, 7) is 9.53. The SMILES string of the molecule is COCC(N)c1csc(C(C(C)C)C(C)C)n1. The lowest BCUT2D eigenvalue weighted by Gasteiger charge is -2.22. The molecular formula is C13H24N2OS. The second kappa shape index (κ2) is 6.47. The van der Waals surface area contributed by atoms with E-state index in [1.165, 1.54) is 5.01 Å². The van der Waals surface area contributed by atoms with Gasteiger partial charge in [0.1, 0.15) is 0 Å². The molecule has 0 bridgehead atoms. The molecule has 0 aliphatic carbocycles. The Kier molecular flexibility index (Phi) is 5.56. The van der Waals surface area contributed by atoms with Crippen LogP contribution in [0.4, 0.5) is 0 Å². The van der Waals surface area contributed by atoms with Gasteiger partial charge in [0.05, 0.1) is 23.4 Å². The molecule has 1 heterocycles. The van der Waals surface area contributed by atoms with Crippen molar-refractivity contribution in [1.82, 2.24) is 4.98 Å². The molecule has 98 valence electrons. The van der Waals surface area contributed by atoms with Crippen molar-refractivity contribution >= 4 is 11.3 Å². The number of thiazole rings is 1. The number of rotatable bonds is 6. The molecule has 17 heavy (non-hydrogen) atoms. The molecule has 0 saturated heterocycles. The topological polar surface area (TPSA) is 48.1 Å². The first-order valence-corrected chi connectivity index (χ1v) is 7.05. The summed E-state index contributed by atoms with van der Waals surface area (Å²) >= 11 is 1.72. The van der Waals surface area contributed by atoms with Crippen LogP contribution in [0.25, 0.3) is 0 Å².